The number of carbonyl (C=O) groups is 2. The van der Waals surface area contributed by atoms with Crippen LogP contribution in [0.15, 0.2) is 54.6 Å². The summed E-state index contributed by atoms with van der Waals surface area (Å²) < 4.78 is 0. The number of hydrogen-bond donors (Lipinski definition) is 3. The van der Waals surface area contributed by atoms with Gasteiger partial charge in [-0.05, 0) is 48.7 Å². The van der Waals surface area contributed by atoms with Crippen molar-refractivity contribution in [2.45, 2.75) is 19.3 Å². The van der Waals surface area contributed by atoms with E-state index in [1.807, 2.05) is 30.3 Å². The van der Waals surface area contributed by atoms with Gasteiger partial charge in [-0.25, -0.2) is 0 Å². The highest BCUT2D eigenvalue weighted by Crippen LogP contribution is 2.34. The Balaban J connectivity index is 1.42. The van der Waals surface area contributed by atoms with Gasteiger partial charge < -0.3 is 16.4 Å². The van der Waals surface area contributed by atoms with E-state index in [-0.39, 0.29) is 17.7 Å². The van der Waals surface area contributed by atoms with Crippen molar-refractivity contribution in [3.8, 4) is 6.07 Å². The molecule has 0 spiro atoms. The van der Waals surface area contributed by atoms with Gasteiger partial charge in [0.15, 0.2) is 0 Å². The Hall–Kier alpha value is -3.63. The summed E-state index contributed by atoms with van der Waals surface area (Å²) >= 11 is 1.42. The van der Waals surface area contributed by atoms with Crippen molar-refractivity contribution in [3.05, 3.63) is 76.2 Å². The fourth-order valence-electron chi connectivity index (χ4n) is 3.05. The lowest BCUT2D eigenvalue weighted by atomic mass is 10.1. The number of anilines is 3. The fraction of sp³-hybridized carbons (Fsp3) is 0.174. The molecule has 6 nitrogen and oxygen atoms in total. The number of nitrogens with two attached hydrogens (primary N) is 1. The monoisotopic (exact) mass is 416 g/mol. The van der Waals surface area contributed by atoms with E-state index in [1.165, 1.54) is 11.3 Å². The van der Waals surface area contributed by atoms with Gasteiger partial charge in [-0.1, -0.05) is 24.3 Å². The van der Waals surface area contributed by atoms with Gasteiger partial charge in [-0.3, -0.25) is 9.59 Å². The molecule has 0 saturated heterocycles. The fourth-order valence-corrected chi connectivity index (χ4v) is 4.09. The number of thiophene rings is 1. The molecule has 1 saturated carbocycles. The zero-order valence-corrected chi connectivity index (χ0v) is 17.0. The summed E-state index contributed by atoms with van der Waals surface area (Å²) in [6.45, 7) is 0. The Morgan fingerprint density at radius 3 is 2.50 bits per heavy atom. The first-order valence-electron chi connectivity index (χ1n) is 9.62. The van der Waals surface area contributed by atoms with Crippen molar-refractivity contribution in [2.24, 2.45) is 5.92 Å². The van der Waals surface area contributed by atoms with Gasteiger partial charge in [0.1, 0.15) is 11.1 Å². The summed E-state index contributed by atoms with van der Waals surface area (Å²) in [6.07, 6.45) is 2.46. The molecule has 0 atom stereocenters. The second kappa shape index (κ2) is 8.39. The molecule has 0 radical (unpaired) electrons. The van der Waals surface area contributed by atoms with Gasteiger partial charge in [-0.15, -0.1) is 11.3 Å². The summed E-state index contributed by atoms with van der Waals surface area (Å²) in [5, 5.41) is 15.7. The number of nitrogen functional groups attached to an aromatic ring is 1. The van der Waals surface area contributed by atoms with E-state index in [0.29, 0.717) is 33.9 Å². The lowest BCUT2D eigenvalue weighted by molar-refractivity contribution is -0.117. The summed E-state index contributed by atoms with van der Waals surface area (Å²) in [6, 6.07) is 18.4. The van der Waals surface area contributed by atoms with E-state index in [2.05, 4.69) is 16.7 Å². The van der Waals surface area contributed by atoms with Crippen LogP contribution in [-0.2, 0) is 11.2 Å². The number of para-hydroxylation sites is 2. The molecule has 1 aliphatic carbocycles. The number of nitrogens with zero attached hydrogens (tertiary/aromatic N) is 1. The quantitative estimate of drug-likeness (QED) is 0.518. The molecule has 3 aromatic rings. The third-order valence-corrected chi connectivity index (χ3v) is 5.94. The minimum atomic E-state index is -0.229. The maximum absolute atomic E-state index is 12.4. The number of benzene rings is 2. The second-order valence-electron chi connectivity index (χ2n) is 7.25. The van der Waals surface area contributed by atoms with Gasteiger partial charge in [-0.2, -0.15) is 5.26 Å². The molecule has 7 heteroatoms. The van der Waals surface area contributed by atoms with E-state index < -0.39 is 0 Å². The molecular weight excluding hydrogens is 396 g/mol. The van der Waals surface area contributed by atoms with Gasteiger partial charge in [0.25, 0.3) is 5.91 Å². The number of hydrogen-bond acceptors (Lipinski definition) is 5. The standard InChI is InChI=1S/C23H20N4O2S/c24-13-17-12-18(30-23(17)27-22(29)16-9-10-16)11-14-5-7-15(8-6-14)21(28)26-20-4-2-1-3-19(20)25/h1-8,12,16H,9-11,25H2,(H,26,28)(H,27,29). The number of amides is 2. The van der Waals surface area contributed by atoms with Crippen LogP contribution in [0, 0.1) is 17.2 Å². The molecule has 2 aromatic carbocycles. The van der Waals surface area contributed by atoms with Crippen LogP contribution >= 0.6 is 11.3 Å². The van der Waals surface area contributed by atoms with E-state index in [4.69, 9.17) is 5.73 Å². The molecule has 1 fully saturated rings. The number of carbonyl (C=O) groups excluding carboxylic acids is 2. The molecular formula is C23H20N4O2S. The van der Waals surface area contributed by atoms with Crippen LogP contribution in [0.2, 0.25) is 0 Å². The third-order valence-electron chi connectivity index (χ3n) is 4.89. The van der Waals surface area contributed by atoms with Gasteiger partial charge in [0.05, 0.1) is 16.9 Å². The molecule has 4 N–H and O–H groups in total. The van der Waals surface area contributed by atoms with Crippen LogP contribution < -0.4 is 16.4 Å². The van der Waals surface area contributed by atoms with E-state index >= 15 is 0 Å². The molecule has 4 rings (SSSR count). The predicted molar refractivity (Wildman–Crippen MR) is 118 cm³/mol. The Morgan fingerprint density at radius 1 is 1.10 bits per heavy atom. The maximum atomic E-state index is 12.4. The number of nitriles is 1. The molecule has 0 bridgehead atoms. The molecule has 2 amide bonds. The molecule has 1 aliphatic rings. The van der Waals surface area contributed by atoms with Crippen LogP contribution in [0.5, 0.6) is 0 Å². The topological polar surface area (TPSA) is 108 Å². The maximum Gasteiger partial charge on any atom is 0.255 e. The molecule has 1 aromatic heterocycles. The van der Waals surface area contributed by atoms with Crippen LogP contribution in [0.1, 0.15) is 39.2 Å². The first-order valence-corrected chi connectivity index (χ1v) is 10.4. The van der Waals surface area contributed by atoms with Gasteiger partial charge in [0.2, 0.25) is 5.91 Å². The average molecular weight is 417 g/mol. The summed E-state index contributed by atoms with van der Waals surface area (Å²) in [5.74, 6) is -0.145. The van der Waals surface area contributed by atoms with Crippen molar-refractivity contribution in [2.75, 3.05) is 16.4 Å². The van der Waals surface area contributed by atoms with Crippen molar-refractivity contribution >= 4 is 39.5 Å². The van der Waals surface area contributed by atoms with Crippen molar-refractivity contribution < 1.29 is 9.59 Å². The summed E-state index contributed by atoms with van der Waals surface area (Å²) in [5.41, 5.74) is 8.99. The van der Waals surface area contributed by atoms with Crippen molar-refractivity contribution in [1.82, 2.24) is 0 Å². The lowest BCUT2D eigenvalue weighted by Gasteiger charge is -2.08. The zero-order valence-electron chi connectivity index (χ0n) is 16.1. The summed E-state index contributed by atoms with van der Waals surface area (Å²) in [4.78, 5) is 25.4. The molecule has 0 aliphatic heterocycles. The SMILES string of the molecule is N#Cc1cc(Cc2ccc(C(=O)Nc3ccccc3N)cc2)sc1NC(=O)C1CC1. The van der Waals surface area contributed by atoms with E-state index in [9.17, 15) is 14.9 Å². The smallest absolute Gasteiger partial charge is 0.255 e. The highest BCUT2D eigenvalue weighted by atomic mass is 32.1. The van der Waals surface area contributed by atoms with Crippen LogP contribution in [0.4, 0.5) is 16.4 Å². The van der Waals surface area contributed by atoms with E-state index in [1.54, 1.807) is 24.3 Å². The normalized spacial score (nSPS) is 12.8. The van der Waals surface area contributed by atoms with Crippen molar-refractivity contribution in [3.63, 3.8) is 0 Å². The molecule has 150 valence electrons. The minimum absolute atomic E-state index is 0.00526. The van der Waals surface area contributed by atoms with Gasteiger partial charge in [0, 0.05) is 22.8 Å². The third kappa shape index (κ3) is 4.50. The van der Waals surface area contributed by atoms with E-state index in [0.717, 1.165) is 23.3 Å². The predicted octanol–water partition coefficient (Wildman–Crippen LogP) is 4.39. The summed E-state index contributed by atoms with van der Waals surface area (Å²) in [7, 11) is 0. The Labute approximate surface area is 178 Å². The minimum Gasteiger partial charge on any atom is -0.397 e. The second-order valence-corrected chi connectivity index (χ2v) is 8.38. The first-order chi connectivity index (χ1) is 14.5. The number of rotatable bonds is 6. The Bertz CT molecular complexity index is 1140. The van der Waals surface area contributed by atoms with Crippen LogP contribution in [0.25, 0.3) is 0 Å². The highest BCUT2D eigenvalue weighted by molar-refractivity contribution is 7.16. The molecule has 30 heavy (non-hydrogen) atoms. The largest absolute Gasteiger partial charge is 0.397 e. The molecule has 1 heterocycles. The van der Waals surface area contributed by atoms with Crippen LogP contribution in [0.3, 0.4) is 0 Å². The number of nitrogens with one attached hydrogen (secondary N) is 2. The van der Waals surface area contributed by atoms with Crippen LogP contribution in [-0.4, -0.2) is 11.8 Å². The Kier molecular flexibility index (Phi) is 5.50. The first kappa shape index (κ1) is 19.7. The van der Waals surface area contributed by atoms with Gasteiger partial charge >= 0.3 is 0 Å². The molecule has 0 unspecified atom stereocenters. The zero-order chi connectivity index (χ0) is 21.1. The Morgan fingerprint density at radius 2 is 1.83 bits per heavy atom. The lowest BCUT2D eigenvalue weighted by Crippen LogP contribution is -2.13. The highest BCUT2D eigenvalue weighted by Gasteiger charge is 2.30. The van der Waals surface area contributed by atoms with Crippen molar-refractivity contribution in [1.29, 1.82) is 5.26 Å². The average Bonchev–Trinajstić information content (AvgIpc) is 3.53.